The van der Waals surface area contributed by atoms with Crippen LogP contribution in [0.3, 0.4) is 0 Å². The van der Waals surface area contributed by atoms with Crippen LogP contribution in [0.1, 0.15) is 71.9 Å². The first-order valence-electron chi connectivity index (χ1n) is 16.8. The highest BCUT2D eigenvalue weighted by molar-refractivity contribution is 6.32. The van der Waals surface area contributed by atoms with Gasteiger partial charge in [0.05, 0.1) is 39.5 Å². The molecule has 0 saturated carbocycles. The van der Waals surface area contributed by atoms with Gasteiger partial charge in [-0.3, -0.25) is 0 Å². The van der Waals surface area contributed by atoms with Crippen LogP contribution in [0.15, 0.2) is 70.4 Å². The smallest absolute Gasteiger partial charge is 0.260 e. The average Bonchev–Trinajstić information content (AvgIpc) is 3.47. The summed E-state index contributed by atoms with van der Waals surface area (Å²) in [6.45, 7) is 13.0. The van der Waals surface area contributed by atoms with Gasteiger partial charge in [0, 0.05) is 61.1 Å². The first-order chi connectivity index (χ1) is 23.3. The standard InChI is InChI=1S/C40H52ClN2O6/c1-24(44-7)42-34(39(3,4)30-20-28(46-9)22-32(48-11)37(30)42)18-16-26-14-13-15-27(36(26)41)17-19-35-40(5,6)31-21-29(47-10)23-33(49-12)38(31)43(35)25(2)45-8/h16-25H,13-15H2,1-12H3/q+1. The highest BCUT2D eigenvalue weighted by Gasteiger charge is 2.49. The van der Waals surface area contributed by atoms with Gasteiger partial charge >= 0.3 is 0 Å². The maximum absolute atomic E-state index is 7.24. The van der Waals surface area contributed by atoms with Gasteiger partial charge in [0.1, 0.15) is 23.5 Å². The van der Waals surface area contributed by atoms with Crippen molar-refractivity contribution in [2.75, 3.05) is 47.6 Å². The largest absolute Gasteiger partial charge is 0.497 e. The van der Waals surface area contributed by atoms with E-state index < -0.39 is 0 Å². The van der Waals surface area contributed by atoms with Crippen molar-refractivity contribution in [3.63, 3.8) is 0 Å². The fourth-order valence-corrected chi connectivity index (χ4v) is 7.71. The Morgan fingerprint density at radius 2 is 1.39 bits per heavy atom. The highest BCUT2D eigenvalue weighted by atomic mass is 35.5. The highest BCUT2D eigenvalue weighted by Crippen LogP contribution is 2.54. The lowest BCUT2D eigenvalue weighted by Gasteiger charge is -2.31. The van der Waals surface area contributed by atoms with Crippen molar-refractivity contribution < 1.29 is 33.0 Å². The summed E-state index contributed by atoms with van der Waals surface area (Å²) in [7, 11) is 10.2. The lowest BCUT2D eigenvalue weighted by Crippen LogP contribution is -2.34. The number of hydrogen-bond donors (Lipinski definition) is 0. The molecule has 0 amide bonds. The molecule has 2 aliphatic heterocycles. The molecular weight excluding hydrogens is 640 g/mol. The lowest BCUT2D eigenvalue weighted by molar-refractivity contribution is -0.533. The number of allylic oxidation sites excluding steroid dienone is 8. The van der Waals surface area contributed by atoms with Crippen LogP contribution in [0.4, 0.5) is 11.4 Å². The van der Waals surface area contributed by atoms with E-state index in [2.05, 4.69) is 73.6 Å². The summed E-state index contributed by atoms with van der Waals surface area (Å²) in [4.78, 5) is 2.22. The van der Waals surface area contributed by atoms with Crippen molar-refractivity contribution in [2.45, 2.75) is 84.1 Å². The lowest BCUT2D eigenvalue weighted by atomic mass is 9.80. The number of fused-ring (bicyclic) bond motifs is 2. The maximum Gasteiger partial charge on any atom is 0.260 e. The van der Waals surface area contributed by atoms with Crippen molar-refractivity contribution in [3.05, 3.63) is 81.6 Å². The Hall–Kier alpha value is -3.72. The number of rotatable bonds is 11. The molecule has 0 bridgehead atoms. The minimum Gasteiger partial charge on any atom is -0.497 e. The summed E-state index contributed by atoms with van der Waals surface area (Å²) < 4.78 is 37.0. The van der Waals surface area contributed by atoms with E-state index in [0.717, 1.165) is 92.3 Å². The number of nitrogens with zero attached hydrogens (tertiary/aromatic N) is 2. The Morgan fingerprint density at radius 1 is 0.755 bits per heavy atom. The van der Waals surface area contributed by atoms with Gasteiger partial charge in [-0.1, -0.05) is 37.6 Å². The Kier molecular flexibility index (Phi) is 10.6. The van der Waals surface area contributed by atoms with Gasteiger partial charge < -0.3 is 33.3 Å². The molecule has 0 fully saturated rings. The number of ether oxygens (including phenoxy) is 6. The van der Waals surface area contributed by atoms with Crippen LogP contribution in [0.2, 0.25) is 0 Å². The van der Waals surface area contributed by atoms with Gasteiger partial charge in [0.15, 0.2) is 11.5 Å². The SMILES string of the molecule is COc1cc(OC)c2c(c1)C(C)(C)C(/C=C/C1=C(Cl)C(=C/C=C3\N(C(C)OC)c4c(OC)cc(OC)cc4C3(C)C)/CCC1)=[N+]2C(C)OC. The fourth-order valence-electron chi connectivity index (χ4n) is 7.39. The number of hydrogen-bond acceptors (Lipinski definition) is 7. The Morgan fingerprint density at radius 3 is 1.98 bits per heavy atom. The van der Waals surface area contributed by atoms with E-state index in [1.165, 1.54) is 0 Å². The Labute approximate surface area is 297 Å². The second-order valence-corrected chi connectivity index (χ2v) is 14.1. The molecule has 8 nitrogen and oxygen atoms in total. The Bertz CT molecular complexity index is 1770. The molecule has 9 heteroatoms. The summed E-state index contributed by atoms with van der Waals surface area (Å²) >= 11 is 7.24. The van der Waals surface area contributed by atoms with E-state index in [0.29, 0.717) is 0 Å². The number of anilines is 1. The normalized spacial score (nSPS) is 21.0. The van der Waals surface area contributed by atoms with E-state index in [4.69, 9.17) is 40.0 Å². The van der Waals surface area contributed by atoms with Crippen LogP contribution in [0, 0.1) is 0 Å². The third-order valence-electron chi connectivity index (χ3n) is 10.4. The third kappa shape index (κ3) is 6.28. The summed E-state index contributed by atoms with van der Waals surface area (Å²) in [6.07, 6.45) is 11.1. The zero-order valence-electron chi connectivity index (χ0n) is 31.1. The van der Waals surface area contributed by atoms with E-state index in [1.54, 1.807) is 42.7 Å². The van der Waals surface area contributed by atoms with Crippen molar-refractivity contribution in [3.8, 4) is 23.0 Å². The second kappa shape index (κ2) is 14.3. The van der Waals surface area contributed by atoms with Crippen molar-refractivity contribution in [1.29, 1.82) is 0 Å². The molecule has 0 radical (unpaired) electrons. The molecule has 1 aliphatic carbocycles. The predicted molar refractivity (Wildman–Crippen MR) is 198 cm³/mol. The number of benzene rings is 2. The summed E-state index contributed by atoms with van der Waals surface area (Å²) in [5.41, 5.74) is 7.92. The monoisotopic (exact) mass is 691 g/mol. The van der Waals surface area contributed by atoms with Gasteiger partial charge in [-0.25, -0.2) is 0 Å². The first-order valence-corrected chi connectivity index (χ1v) is 17.2. The molecule has 3 aliphatic rings. The molecule has 5 rings (SSSR count). The van der Waals surface area contributed by atoms with Crippen LogP contribution in [0.5, 0.6) is 23.0 Å². The van der Waals surface area contributed by atoms with Crippen LogP contribution >= 0.6 is 11.6 Å². The molecule has 2 heterocycles. The molecular formula is C40H52ClN2O6+. The Balaban J connectivity index is 1.58. The van der Waals surface area contributed by atoms with Crippen LogP contribution < -0.4 is 23.8 Å². The summed E-state index contributed by atoms with van der Waals surface area (Å²) in [5, 5.41) is 0.790. The van der Waals surface area contributed by atoms with Crippen LogP contribution in [-0.2, 0) is 20.3 Å². The van der Waals surface area contributed by atoms with E-state index >= 15 is 0 Å². The molecule has 0 spiro atoms. The number of methoxy groups -OCH3 is 6. The van der Waals surface area contributed by atoms with Gasteiger partial charge in [-0.2, -0.15) is 4.58 Å². The van der Waals surface area contributed by atoms with Gasteiger partial charge in [-0.15, -0.1) is 0 Å². The predicted octanol–water partition coefficient (Wildman–Crippen LogP) is 8.92. The topological polar surface area (TPSA) is 61.6 Å². The zero-order chi connectivity index (χ0) is 35.8. The van der Waals surface area contributed by atoms with Gasteiger partial charge in [-0.05, 0) is 75.0 Å². The molecule has 0 N–H and O–H groups in total. The van der Waals surface area contributed by atoms with Gasteiger partial charge in [0.2, 0.25) is 0 Å². The second-order valence-electron chi connectivity index (χ2n) is 13.8. The third-order valence-corrected chi connectivity index (χ3v) is 10.9. The van der Waals surface area contributed by atoms with Crippen molar-refractivity contribution in [2.24, 2.45) is 0 Å². The first kappa shape index (κ1) is 36.6. The minimum atomic E-state index is -0.348. The molecule has 264 valence electrons. The molecule has 0 aromatic heterocycles. The van der Waals surface area contributed by atoms with Crippen LogP contribution in [-0.4, -0.2) is 65.4 Å². The van der Waals surface area contributed by atoms with E-state index in [1.807, 2.05) is 26.0 Å². The molecule has 2 aromatic carbocycles. The minimum absolute atomic E-state index is 0.227. The van der Waals surface area contributed by atoms with Gasteiger partial charge in [0.25, 0.3) is 11.9 Å². The van der Waals surface area contributed by atoms with E-state index in [-0.39, 0.29) is 23.3 Å². The average molecular weight is 692 g/mol. The quantitative estimate of drug-likeness (QED) is 0.218. The summed E-state index contributed by atoms with van der Waals surface area (Å²) in [6, 6.07) is 8.04. The van der Waals surface area contributed by atoms with Crippen molar-refractivity contribution >= 4 is 28.7 Å². The zero-order valence-corrected chi connectivity index (χ0v) is 31.9. The molecule has 2 unspecified atom stereocenters. The molecule has 2 aromatic rings. The molecule has 49 heavy (non-hydrogen) atoms. The maximum atomic E-state index is 7.24. The van der Waals surface area contributed by atoms with Crippen LogP contribution in [0.25, 0.3) is 0 Å². The fraction of sp³-hybridized carbons (Fsp3) is 0.475. The van der Waals surface area contributed by atoms with Crippen molar-refractivity contribution in [1.82, 2.24) is 0 Å². The summed E-state index contributed by atoms with van der Waals surface area (Å²) in [5.74, 6) is 3.00. The number of halogens is 1. The molecule has 2 atom stereocenters. The molecule has 0 saturated heterocycles. The van der Waals surface area contributed by atoms with E-state index in [9.17, 15) is 0 Å².